The molecule has 0 radical (unpaired) electrons. The Kier molecular flexibility index (Phi) is 10.0. The minimum Gasteiger partial charge on any atom is -0.508 e. The molecule has 1 N–H and O–H groups in total. The highest BCUT2D eigenvalue weighted by Gasteiger charge is 2.29. The molecule has 1 heterocycles. The molecule has 220 valence electrons. The summed E-state index contributed by atoms with van der Waals surface area (Å²) in [6.45, 7) is 10.4. The van der Waals surface area contributed by atoms with Crippen molar-refractivity contribution >= 4 is 20.0 Å². The van der Waals surface area contributed by atoms with E-state index in [0.29, 0.717) is 38.0 Å². The van der Waals surface area contributed by atoms with Gasteiger partial charge in [0.2, 0.25) is 20.0 Å². The van der Waals surface area contributed by atoms with Gasteiger partial charge in [0.1, 0.15) is 5.75 Å². The quantitative estimate of drug-likeness (QED) is 0.419. The molecule has 0 aromatic heterocycles. The molecule has 4 rings (SSSR count). The Balaban J connectivity index is 1.63. The molecule has 1 saturated heterocycles. The maximum atomic E-state index is 13.7. The van der Waals surface area contributed by atoms with Crippen LogP contribution >= 0.6 is 0 Å². The number of aromatic hydroxyl groups is 1. The first-order valence-corrected chi connectivity index (χ1v) is 16.6. The van der Waals surface area contributed by atoms with Gasteiger partial charge in [0, 0.05) is 32.7 Å². The summed E-state index contributed by atoms with van der Waals surface area (Å²) in [7, 11) is -7.67. The van der Waals surface area contributed by atoms with Crippen LogP contribution in [0.25, 0.3) is 0 Å². The molecular formula is C31H39N3O5S2. The summed E-state index contributed by atoms with van der Waals surface area (Å²) >= 11 is 0. The van der Waals surface area contributed by atoms with E-state index in [9.17, 15) is 21.9 Å². The summed E-state index contributed by atoms with van der Waals surface area (Å²) in [4.78, 5) is 2.61. The van der Waals surface area contributed by atoms with Crippen molar-refractivity contribution in [2.45, 2.75) is 43.0 Å². The third-order valence-corrected chi connectivity index (χ3v) is 10.9. The molecule has 0 amide bonds. The molecular weight excluding hydrogens is 558 g/mol. The number of aryl methyl sites for hydroxylation is 2. The molecule has 0 saturated carbocycles. The van der Waals surface area contributed by atoms with Crippen LogP contribution in [0.2, 0.25) is 0 Å². The largest absolute Gasteiger partial charge is 0.508 e. The molecule has 8 nitrogen and oxygen atoms in total. The van der Waals surface area contributed by atoms with Crippen molar-refractivity contribution in [3.63, 3.8) is 0 Å². The van der Waals surface area contributed by atoms with Crippen molar-refractivity contribution in [2.24, 2.45) is 0 Å². The van der Waals surface area contributed by atoms with Crippen LogP contribution < -0.4 is 0 Å². The second-order valence-corrected chi connectivity index (χ2v) is 14.6. The van der Waals surface area contributed by atoms with Gasteiger partial charge in [0.15, 0.2) is 0 Å². The maximum Gasteiger partial charge on any atom is 0.243 e. The fourth-order valence-electron chi connectivity index (χ4n) is 4.91. The van der Waals surface area contributed by atoms with Gasteiger partial charge in [-0.15, -0.1) is 0 Å². The number of phenols is 1. The lowest BCUT2D eigenvalue weighted by Crippen LogP contribution is -2.41. The lowest BCUT2D eigenvalue weighted by molar-refractivity contribution is 0.238. The van der Waals surface area contributed by atoms with E-state index in [2.05, 4.69) is 11.5 Å². The monoisotopic (exact) mass is 597 g/mol. The lowest BCUT2D eigenvalue weighted by atomic mass is 10.2. The Bertz CT molecular complexity index is 1440. The average Bonchev–Trinajstić information content (AvgIpc) is 2.92. The molecule has 0 unspecified atom stereocenters. The van der Waals surface area contributed by atoms with Crippen LogP contribution in [0.15, 0.2) is 94.7 Å². The SMILES string of the molecule is C=C1CN(S(=O)(=O)c2ccc(C)cc2)CCCN(Cc2ccc(O)cc2)CCCN(S(=O)(=O)c2ccc(C)cc2)C1. The van der Waals surface area contributed by atoms with E-state index in [0.717, 1.165) is 16.7 Å². The Hall–Kier alpha value is -3.02. The number of benzene rings is 3. The zero-order chi connectivity index (χ0) is 29.6. The average molecular weight is 598 g/mol. The first-order chi connectivity index (χ1) is 19.4. The first kappa shape index (κ1) is 30.9. The van der Waals surface area contributed by atoms with Crippen molar-refractivity contribution < 1.29 is 21.9 Å². The van der Waals surface area contributed by atoms with Gasteiger partial charge < -0.3 is 5.11 Å². The highest BCUT2D eigenvalue weighted by Crippen LogP contribution is 2.22. The van der Waals surface area contributed by atoms with Gasteiger partial charge in [-0.3, -0.25) is 4.90 Å². The summed E-state index contributed by atoms with van der Waals surface area (Å²) in [6.07, 6.45) is 1.20. The van der Waals surface area contributed by atoms with E-state index < -0.39 is 20.0 Å². The Morgan fingerprint density at radius 2 is 1.07 bits per heavy atom. The van der Waals surface area contributed by atoms with Gasteiger partial charge in [-0.25, -0.2) is 16.8 Å². The van der Waals surface area contributed by atoms with Crippen LogP contribution in [0.4, 0.5) is 0 Å². The standard InChI is InChI=1S/C31H39N3O5S2/c1-25-6-14-30(15-7-25)40(36,37)33-20-4-18-32(24-28-10-12-29(35)13-11-28)19-5-21-34(23-27(3)22-33)41(38,39)31-16-8-26(2)9-17-31/h6-17,35H,3-5,18-24H2,1-2H3. The van der Waals surface area contributed by atoms with Crippen molar-refractivity contribution in [1.82, 2.24) is 13.5 Å². The maximum absolute atomic E-state index is 13.7. The number of nitrogens with zero attached hydrogens (tertiary/aromatic N) is 3. The number of phenolic OH excluding ortho intramolecular Hbond substituents is 1. The number of hydrogen-bond acceptors (Lipinski definition) is 6. The summed E-state index contributed by atoms with van der Waals surface area (Å²) in [5, 5.41) is 9.68. The van der Waals surface area contributed by atoms with E-state index >= 15 is 0 Å². The van der Waals surface area contributed by atoms with Crippen molar-refractivity contribution in [3.8, 4) is 5.75 Å². The number of sulfonamides is 2. The molecule has 0 spiro atoms. The van der Waals surface area contributed by atoms with Crippen molar-refractivity contribution in [1.29, 1.82) is 0 Å². The Morgan fingerprint density at radius 1 is 0.659 bits per heavy atom. The number of rotatable bonds is 6. The summed E-state index contributed by atoms with van der Waals surface area (Å²) in [6, 6.07) is 20.5. The van der Waals surface area contributed by atoms with Crippen LogP contribution in [0.3, 0.4) is 0 Å². The smallest absolute Gasteiger partial charge is 0.243 e. The third-order valence-electron chi connectivity index (χ3n) is 7.22. The van der Waals surface area contributed by atoms with Crippen LogP contribution in [-0.2, 0) is 26.6 Å². The predicted octanol–water partition coefficient (Wildman–Crippen LogP) is 4.54. The van der Waals surface area contributed by atoms with E-state index in [-0.39, 0.29) is 41.7 Å². The van der Waals surface area contributed by atoms with Gasteiger partial charge in [0.05, 0.1) is 9.79 Å². The van der Waals surface area contributed by atoms with Gasteiger partial charge in [-0.05, 0) is 87.3 Å². The molecule has 1 aliphatic heterocycles. The van der Waals surface area contributed by atoms with Crippen molar-refractivity contribution in [2.75, 3.05) is 39.3 Å². The fourth-order valence-corrected chi connectivity index (χ4v) is 7.91. The molecule has 0 atom stereocenters. The van der Waals surface area contributed by atoms with Crippen LogP contribution in [0.5, 0.6) is 5.75 Å². The molecule has 10 heteroatoms. The Labute approximate surface area is 244 Å². The summed E-state index contributed by atoms with van der Waals surface area (Å²) in [5.41, 5.74) is 3.45. The molecule has 1 fully saturated rings. The van der Waals surface area contributed by atoms with Gasteiger partial charge in [0.25, 0.3) is 0 Å². The van der Waals surface area contributed by atoms with Crippen LogP contribution in [0.1, 0.15) is 29.5 Å². The number of hydrogen-bond donors (Lipinski definition) is 1. The summed E-state index contributed by atoms with van der Waals surface area (Å²) in [5.74, 6) is 0.191. The van der Waals surface area contributed by atoms with Gasteiger partial charge >= 0.3 is 0 Å². The minimum absolute atomic E-state index is 0.0219. The molecule has 1 aliphatic rings. The molecule has 3 aromatic rings. The zero-order valence-corrected chi connectivity index (χ0v) is 25.4. The molecule has 0 bridgehead atoms. The molecule has 3 aromatic carbocycles. The molecule has 0 aliphatic carbocycles. The summed E-state index contributed by atoms with van der Waals surface area (Å²) < 4.78 is 57.7. The fraction of sp³-hybridized carbons (Fsp3) is 0.355. The Morgan fingerprint density at radius 3 is 1.49 bits per heavy atom. The van der Waals surface area contributed by atoms with Gasteiger partial charge in [-0.1, -0.05) is 54.1 Å². The third kappa shape index (κ3) is 8.05. The first-order valence-electron chi connectivity index (χ1n) is 13.8. The highest BCUT2D eigenvalue weighted by molar-refractivity contribution is 7.89. The van der Waals surface area contributed by atoms with Crippen molar-refractivity contribution in [3.05, 3.63) is 102 Å². The second-order valence-electron chi connectivity index (χ2n) is 10.7. The van der Waals surface area contributed by atoms with E-state index in [1.54, 1.807) is 60.7 Å². The predicted molar refractivity (Wildman–Crippen MR) is 162 cm³/mol. The molecule has 41 heavy (non-hydrogen) atoms. The zero-order valence-electron chi connectivity index (χ0n) is 23.7. The van der Waals surface area contributed by atoms with Crippen LogP contribution in [0, 0.1) is 13.8 Å². The van der Waals surface area contributed by atoms with E-state index in [4.69, 9.17) is 0 Å². The minimum atomic E-state index is -3.83. The normalized spacial score (nSPS) is 17.6. The van der Waals surface area contributed by atoms with E-state index in [1.165, 1.54) is 8.61 Å². The highest BCUT2D eigenvalue weighted by atomic mass is 32.2. The topological polar surface area (TPSA) is 98.2 Å². The van der Waals surface area contributed by atoms with E-state index in [1.807, 2.05) is 26.0 Å². The second kappa shape index (κ2) is 13.3. The van der Waals surface area contributed by atoms with Crippen LogP contribution in [-0.4, -0.2) is 74.7 Å². The lowest BCUT2D eigenvalue weighted by Gasteiger charge is -2.30. The van der Waals surface area contributed by atoms with Gasteiger partial charge in [-0.2, -0.15) is 8.61 Å².